The van der Waals surface area contributed by atoms with Crippen molar-refractivity contribution in [1.29, 1.82) is 0 Å². The largest absolute Gasteiger partial charge is 0.362 e. The Balaban J connectivity index is 1.60. The van der Waals surface area contributed by atoms with Crippen molar-refractivity contribution < 1.29 is 9.53 Å². The zero-order valence-electron chi connectivity index (χ0n) is 19.4. The van der Waals surface area contributed by atoms with Crippen LogP contribution in [0.1, 0.15) is 16.7 Å². The number of aromatic nitrogens is 2. The van der Waals surface area contributed by atoms with Gasteiger partial charge >= 0.3 is 0 Å². The minimum absolute atomic E-state index is 0.00845. The Morgan fingerprint density at radius 2 is 1.91 bits per heavy atom. The highest BCUT2D eigenvalue weighted by Gasteiger charge is 2.44. The fraction of sp³-hybridized carbons (Fsp3) is 0.385. The molecule has 1 unspecified atom stereocenters. The highest BCUT2D eigenvalue weighted by atomic mass is 16.5. The summed E-state index contributed by atoms with van der Waals surface area (Å²) in [5, 5.41) is 4.28. The van der Waals surface area contributed by atoms with Crippen LogP contribution in [0.4, 0.5) is 0 Å². The fourth-order valence-electron chi connectivity index (χ4n) is 4.46. The average Bonchev–Trinajstić information content (AvgIpc) is 3.18. The topological polar surface area (TPSA) is 50.6 Å². The van der Waals surface area contributed by atoms with Crippen molar-refractivity contribution >= 4 is 5.91 Å². The molecular formula is C26H32N4O2. The Morgan fingerprint density at radius 3 is 2.59 bits per heavy atom. The van der Waals surface area contributed by atoms with E-state index in [0.717, 1.165) is 29.8 Å². The van der Waals surface area contributed by atoms with Crippen molar-refractivity contribution in [2.45, 2.75) is 25.5 Å². The Labute approximate surface area is 190 Å². The smallest absolute Gasteiger partial charge is 0.255 e. The molecule has 1 amide bonds. The Bertz CT molecular complexity index is 1070. The molecule has 1 fully saturated rings. The third kappa shape index (κ3) is 4.92. The summed E-state index contributed by atoms with van der Waals surface area (Å²) in [6, 6.07) is 17.0. The Kier molecular flexibility index (Phi) is 6.44. The molecule has 168 valence electrons. The minimum atomic E-state index is -0.907. The standard InChI is InChI=1S/C26H32N4O2/c1-20-8-10-23(11-9-20)24-7-5-6-21(14-24)15-26(25(31)28(2)3)19-30(12-13-32-26)18-22-16-27-29(4)17-22/h5-11,14,16-17H,12-13,15,18-19H2,1-4H3. The van der Waals surface area contributed by atoms with E-state index in [1.165, 1.54) is 11.1 Å². The molecular weight excluding hydrogens is 400 g/mol. The second-order valence-electron chi connectivity index (χ2n) is 9.02. The number of carbonyl (C=O) groups is 1. The minimum Gasteiger partial charge on any atom is -0.362 e. The van der Waals surface area contributed by atoms with Crippen LogP contribution in [0.3, 0.4) is 0 Å². The first kappa shape index (κ1) is 22.2. The van der Waals surface area contributed by atoms with E-state index in [1.807, 2.05) is 24.1 Å². The van der Waals surface area contributed by atoms with Crippen LogP contribution >= 0.6 is 0 Å². The lowest BCUT2D eigenvalue weighted by Gasteiger charge is -2.43. The van der Waals surface area contributed by atoms with E-state index in [0.29, 0.717) is 19.6 Å². The summed E-state index contributed by atoms with van der Waals surface area (Å²) in [5.41, 5.74) is 4.90. The normalized spacial score (nSPS) is 19.1. The van der Waals surface area contributed by atoms with E-state index >= 15 is 0 Å². The number of ether oxygens (including phenoxy) is 1. The van der Waals surface area contributed by atoms with E-state index < -0.39 is 5.60 Å². The van der Waals surface area contributed by atoms with Crippen molar-refractivity contribution in [2.24, 2.45) is 7.05 Å². The van der Waals surface area contributed by atoms with Crippen LogP contribution in [0.2, 0.25) is 0 Å². The number of likely N-dealkylation sites (N-methyl/N-ethyl adjacent to an activating group) is 1. The molecule has 2 heterocycles. The number of rotatable bonds is 6. The summed E-state index contributed by atoms with van der Waals surface area (Å²) in [5.74, 6) is 0.00845. The zero-order chi connectivity index (χ0) is 22.7. The summed E-state index contributed by atoms with van der Waals surface area (Å²) in [6.07, 6.45) is 4.44. The molecule has 0 aliphatic carbocycles. The van der Waals surface area contributed by atoms with E-state index in [-0.39, 0.29) is 5.91 Å². The molecule has 1 saturated heterocycles. The predicted molar refractivity (Wildman–Crippen MR) is 126 cm³/mol. The highest BCUT2D eigenvalue weighted by molar-refractivity contribution is 5.86. The van der Waals surface area contributed by atoms with Gasteiger partial charge in [0.2, 0.25) is 0 Å². The molecule has 32 heavy (non-hydrogen) atoms. The molecule has 1 atom stereocenters. The lowest BCUT2D eigenvalue weighted by atomic mass is 9.89. The van der Waals surface area contributed by atoms with Gasteiger partial charge < -0.3 is 9.64 Å². The summed E-state index contributed by atoms with van der Waals surface area (Å²) in [7, 11) is 5.52. The highest BCUT2D eigenvalue weighted by Crippen LogP contribution is 2.29. The van der Waals surface area contributed by atoms with Crippen molar-refractivity contribution in [3.05, 3.63) is 77.6 Å². The van der Waals surface area contributed by atoms with Crippen LogP contribution in [0, 0.1) is 6.92 Å². The number of morpholine rings is 1. The summed E-state index contributed by atoms with van der Waals surface area (Å²) in [6.45, 7) is 4.71. The van der Waals surface area contributed by atoms with Gasteiger partial charge in [0.25, 0.3) is 5.91 Å². The molecule has 0 saturated carbocycles. The monoisotopic (exact) mass is 432 g/mol. The molecule has 4 rings (SSSR count). The second kappa shape index (κ2) is 9.27. The van der Waals surface area contributed by atoms with Crippen LogP contribution in [0.15, 0.2) is 60.9 Å². The third-order valence-electron chi connectivity index (χ3n) is 6.03. The molecule has 0 N–H and O–H groups in total. The first-order valence-electron chi connectivity index (χ1n) is 11.1. The molecule has 0 radical (unpaired) electrons. The fourth-order valence-corrected chi connectivity index (χ4v) is 4.46. The maximum absolute atomic E-state index is 13.4. The summed E-state index contributed by atoms with van der Waals surface area (Å²) >= 11 is 0. The third-order valence-corrected chi connectivity index (χ3v) is 6.03. The average molecular weight is 433 g/mol. The summed E-state index contributed by atoms with van der Waals surface area (Å²) < 4.78 is 8.08. The van der Waals surface area contributed by atoms with E-state index in [2.05, 4.69) is 65.5 Å². The number of aryl methyl sites for hydroxylation is 2. The lowest BCUT2D eigenvalue weighted by Crippen LogP contribution is -2.60. The molecule has 2 aromatic carbocycles. The van der Waals surface area contributed by atoms with E-state index in [4.69, 9.17) is 4.74 Å². The lowest BCUT2D eigenvalue weighted by molar-refractivity contribution is -0.169. The van der Waals surface area contributed by atoms with Crippen molar-refractivity contribution in [3.63, 3.8) is 0 Å². The Hall–Kier alpha value is -2.96. The number of hydrogen-bond acceptors (Lipinski definition) is 4. The summed E-state index contributed by atoms with van der Waals surface area (Å²) in [4.78, 5) is 17.3. The van der Waals surface area contributed by atoms with Crippen LogP contribution in [-0.4, -0.2) is 64.9 Å². The second-order valence-corrected chi connectivity index (χ2v) is 9.02. The molecule has 3 aromatic rings. The van der Waals surface area contributed by atoms with Gasteiger partial charge in [0.1, 0.15) is 0 Å². The van der Waals surface area contributed by atoms with Gasteiger partial charge in [-0.25, -0.2) is 0 Å². The van der Waals surface area contributed by atoms with Gasteiger partial charge in [-0.1, -0.05) is 54.1 Å². The van der Waals surface area contributed by atoms with Crippen molar-refractivity contribution in [2.75, 3.05) is 33.8 Å². The Morgan fingerprint density at radius 1 is 1.12 bits per heavy atom. The number of amides is 1. The van der Waals surface area contributed by atoms with Gasteiger partial charge in [0.05, 0.1) is 12.8 Å². The maximum Gasteiger partial charge on any atom is 0.255 e. The van der Waals surface area contributed by atoms with Gasteiger partial charge in [-0.2, -0.15) is 5.10 Å². The molecule has 0 bridgehead atoms. The SMILES string of the molecule is Cc1ccc(-c2cccc(CC3(C(=O)N(C)C)CN(Cc4cnn(C)c4)CCO3)c2)cc1. The van der Waals surface area contributed by atoms with Gasteiger partial charge in [0.15, 0.2) is 5.60 Å². The number of hydrogen-bond donors (Lipinski definition) is 0. The van der Waals surface area contributed by atoms with Gasteiger partial charge in [0, 0.05) is 59.0 Å². The molecule has 6 nitrogen and oxygen atoms in total. The van der Waals surface area contributed by atoms with Gasteiger partial charge in [-0.3, -0.25) is 14.4 Å². The predicted octanol–water partition coefficient (Wildman–Crippen LogP) is 3.30. The molecule has 1 aliphatic rings. The van der Waals surface area contributed by atoms with Crippen molar-refractivity contribution in [1.82, 2.24) is 19.6 Å². The van der Waals surface area contributed by atoms with Gasteiger partial charge in [-0.05, 0) is 23.6 Å². The first-order chi connectivity index (χ1) is 15.3. The van der Waals surface area contributed by atoms with Crippen LogP contribution in [0.5, 0.6) is 0 Å². The maximum atomic E-state index is 13.4. The number of nitrogens with zero attached hydrogens (tertiary/aromatic N) is 4. The number of carbonyl (C=O) groups excluding carboxylic acids is 1. The number of benzene rings is 2. The van der Waals surface area contributed by atoms with Crippen LogP contribution in [0.25, 0.3) is 11.1 Å². The molecule has 0 spiro atoms. The van der Waals surface area contributed by atoms with Gasteiger partial charge in [-0.15, -0.1) is 0 Å². The molecule has 1 aromatic heterocycles. The van der Waals surface area contributed by atoms with E-state index in [1.54, 1.807) is 19.0 Å². The van der Waals surface area contributed by atoms with Crippen LogP contribution < -0.4 is 0 Å². The van der Waals surface area contributed by atoms with Crippen molar-refractivity contribution in [3.8, 4) is 11.1 Å². The quantitative estimate of drug-likeness (QED) is 0.600. The zero-order valence-corrected chi connectivity index (χ0v) is 19.4. The van der Waals surface area contributed by atoms with E-state index in [9.17, 15) is 4.79 Å². The first-order valence-corrected chi connectivity index (χ1v) is 11.1. The molecule has 1 aliphatic heterocycles. The van der Waals surface area contributed by atoms with Crippen LogP contribution in [-0.2, 0) is 29.5 Å². The molecule has 6 heteroatoms.